The van der Waals surface area contributed by atoms with Gasteiger partial charge in [-0.05, 0) is 47.7 Å². The van der Waals surface area contributed by atoms with E-state index in [4.69, 9.17) is 4.74 Å². The van der Waals surface area contributed by atoms with E-state index in [1.54, 1.807) is 7.11 Å². The second-order valence-electron chi connectivity index (χ2n) is 6.13. The fraction of sp³-hybridized carbons (Fsp3) is 0.368. The van der Waals surface area contributed by atoms with Crippen LogP contribution in [-0.4, -0.2) is 30.2 Å². The maximum absolute atomic E-state index is 10.8. The van der Waals surface area contributed by atoms with E-state index in [0.29, 0.717) is 11.8 Å². The van der Waals surface area contributed by atoms with E-state index in [0.717, 1.165) is 37.1 Å². The van der Waals surface area contributed by atoms with Crippen LogP contribution in [0.4, 0.5) is 0 Å². The summed E-state index contributed by atoms with van der Waals surface area (Å²) in [6.45, 7) is 4.33. The molecule has 1 atom stereocenters. The smallest absolute Gasteiger partial charge is 0.166 e. The van der Waals surface area contributed by atoms with Gasteiger partial charge in [0.05, 0.1) is 7.11 Å². The SMILES string of the molecule is CCN1CCc2cc(OC)c(O)c3c2C1Cc1ccccc1-3. The third-order valence-electron chi connectivity index (χ3n) is 5.16. The predicted molar refractivity (Wildman–Crippen MR) is 87.5 cm³/mol. The third kappa shape index (κ3) is 1.78. The fourth-order valence-electron chi connectivity index (χ4n) is 4.09. The van der Waals surface area contributed by atoms with Crippen LogP contribution in [0.5, 0.6) is 11.5 Å². The lowest BCUT2D eigenvalue weighted by molar-refractivity contribution is 0.192. The quantitative estimate of drug-likeness (QED) is 0.920. The van der Waals surface area contributed by atoms with Crippen LogP contribution in [0.25, 0.3) is 11.1 Å². The summed E-state index contributed by atoms with van der Waals surface area (Å²) in [5.74, 6) is 0.880. The zero-order valence-corrected chi connectivity index (χ0v) is 13.1. The van der Waals surface area contributed by atoms with Crippen LogP contribution >= 0.6 is 0 Å². The average molecular weight is 295 g/mol. The molecule has 1 aliphatic carbocycles. The molecule has 3 heteroatoms. The van der Waals surface area contributed by atoms with Gasteiger partial charge in [-0.2, -0.15) is 0 Å². The molecule has 4 rings (SSSR count). The van der Waals surface area contributed by atoms with Crippen molar-refractivity contribution < 1.29 is 9.84 Å². The number of phenolic OH excluding ortho intramolecular Hbond substituents is 1. The summed E-state index contributed by atoms with van der Waals surface area (Å²) in [7, 11) is 1.63. The Morgan fingerprint density at radius 3 is 2.86 bits per heavy atom. The summed E-state index contributed by atoms with van der Waals surface area (Å²) in [6.07, 6.45) is 2.04. The summed E-state index contributed by atoms with van der Waals surface area (Å²) < 4.78 is 5.42. The van der Waals surface area contributed by atoms with Crippen molar-refractivity contribution in [3.05, 3.63) is 47.0 Å². The van der Waals surface area contributed by atoms with Gasteiger partial charge < -0.3 is 9.84 Å². The number of hydrogen-bond donors (Lipinski definition) is 1. The first kappa shape index (κ1) is 13.6. The monoisotopic (exact) mass is 295 g/mol. The largest absolute Gasteiger partial charge is 0.504 e. The Bertz CT molecular complexity index is 738. The van der Waals surface area contributed by atoms with E-state index >= 15 is 0 Å². The van der Waals surface area contributed by atoms with E-state index < -0.39 is 0 Å². The molecule has 0 saturated heterocycles. The average Bonchev–Trinajstić information content (AvgIpc) is 2.56. The molecule has 2 aromatic carbocycles. The van der Waals surface area contributed by atoms with Gasteiger partial charge in [-0.15, -0.1) is 0 Å². The Hall–Kier alpha value is -2.00. The normalized spacial score (nSPS) is 19.5. The Labute approximate surface area is 131 Å². The number of benzene rings is 2. The van der Waals surface area contributed by atoms with Crippen LogP contribution in [0.15, 0.2) is 30.3 Å². The summed E-state index contributed by atoms with van der Waals surface area (Å²) >= 11 is 0. The van der Waals surface area contributed by atoms with E-state index in [9.17, 15) is 5.11 Å². The number of fused-ring (bicyclic) bond motifs is 2. The van der Waals surface area contributed by atoms with Crippen LogP contribution in [0.2, 0.25) is 0 Å². The molecule has 0 bridgehead atoms. The van der Waals surface area contributed by atoms with Gasteiger partial charge in [0.15, 0.2) is 11.5 Å². The van der Waals surface area contributed by atoms with Gasteiger partial charge in [-0.1, -0.05) is 31.2 Å². The van der Waals surface area contributed by atoms with Crippen molar-refractivity contribution in [1.82, 2.24) is 4.90 Å². The summed E-state index contributed by atoms with van der Waals surface area (Å²) in [6, 6.07) is 10.8. The molecule has 22 heavy (non-hydrogen) atoms. The molecule has 0 spiro atoms. The Morgan fingerprint density at radius 1 is 1.27 bits per heavy atom. The predicted octanol–water partition coefficient (Wildman–Crippen LogP) is 3.54. The van der Waals surface area contributed by atoms with Crippen molar-refractivity contribution in [2.45, 2.75) is 25.8 Å². The first-order valence-electron chi connectivity index (χ1n) is 7.99. The number of ether oxygens (including phenoxy) is 1. The summed E-state index contributed by atoms with van der Waals surface area (Å²) in [5, 5.41) is 10.8. The fourth-order valence-corrected chi connectivity index (χ4v) is 4.09. The molecular formula is C19H21NO2. The van der Waals surface area contributed by atoms with Crippen LogP contribution in [0, 0.1) is 0 Å². The molecule has 0 aromatic heterocycles. The molecule has 0 amide bonds. The van der Waals surface area contributed by atoms with Crippen LogP contribution in [-0.2, 0) is 12.8 Å². The lowest BCUT2D eigenvalue weighted by atomic mass is 9.76. The number of rotatable bonds is 2. The zero-order chi connectivity index (χ0) is 15.3. The molecule has 3 nitrogen and oxygen atoms in total. The Morgan fingerprint density at radius 2 is 2.09 bits per heavy atom. The van der Waals surface area contributed by atoms with Crippen molar-refractivity contribution in [3.63, 3.8) is 0 Å². The lowest BCUT2D eigenvalue weighted by Crippen LogP contribution is -2.38. The minimum absolute atomic E-state index is 0.288. The van der Waals surface area contributed by atoms with Gasteiger partial charge in [0.2, 0.25) is 0 Å². The van der Waals surface area contributed by atoms with Crippen molar-refractivity contribution in [3.8, 4) is 22.6 Å². The molecule has 1 N–H and O–H groups in total. The van der Waals surface area contributed by atoms with Crippen molar-refractivity contribution in [2.24, 2.45) is 0 Å². The number of likely N-dealkylation sites (N-methyl/N-ethyl adjacent to an activating group) is 1. The first-order valence-corrected chi connectivity index (χ1v) is 7.99. The number of methoxy groups -OCH3 is 1. The molecule has 1 aliphatic heterocycles. The minimum atomic E-state index is 0.288. The van der Waals surface area contributed by atoms with Gasteiger partial charge in [0, 0.05) is 18.2 Å². The summed E-state index contributed by atoms with van der Waals surface area (Å²) in [4.78, 5) is 2.52. The van der Waals surface area contributed by atoms with E-state index in [2.05, 4.69) is 30.0 Å². The molecule has 0 radical (unpaired) electrons. The van der Waals surface area contributed by atoms with Crippen molar-refractivity contribution in [2.75, 3.05) is 20.2 Å². The standard InChI is InChI=1S/C19H21NO2/c1-3-20-9-8-13-11-16(22-2)19(21)18-14-7-5-4-6-12(14)10-15(20)17(13)18/h4-7,11,15,21H,3,8-10H2,1-2H3. The molecule has 2 aromatic rings. The van der Waals surface area contributed by atoms with Gasteiger partial charge in [-0.25, -0.2) is 0 Å². The highest BCUT2D eigenvalue weighted by Crippen LogP contribution is 2.51. The zero-order valence-electron chi connectivity index (χ0n) is 13.1. The van der Waals surface area contributed by atoms with Gasteiger partial charge in [0.25, 0.3) is 0 Å². The number of phenols is 1. The molecule has 0 fully saturated rings. The Kier molecular flexibility index (Phi) is 3.12. The molecule has 1 unspecified atom stereocenters. The number of hydrogen-bond acceptors (Lipinski definition) is 3. The highest BCUT2D eigenvalue weighted by Gasteiger charge is 2.36. The third-order valence-corrected chi connectivity index (χ3v) is 5.16. The topological polar surface area (TPSA) is 32.7 Å². The second-order valence-corrected chi connectivity index (χ2v) is 6.13. The van der Waals surface area contributed by atoms with Crippen LogP contribution in [0.1, 0.15) is 29.7 Å². The van der Waals surface area contributed by atoms with Gasteiger partial charge in [-0.3, -0.25) is 4.90 Å². The second kappa shape index (κ2) is 5.03. The van der Waals surface area contributed by atoms with E-state index in [1.807, 2.05) is 12.1 Å². The molecule has 114 valence electrons. The maximum atomic E-state index is 10.8. The molecule has 1 heterocycles. The van der Waals surface area contributed by atoms with Crippen molar-refractivity contribution >= 4 is 0 Å². The molecular weight excluding hydrogens is 274 g/mol. The van der Waals surface area contributed by atoms with Gasteiger partial charge >= 0.3 is 0 Å². The van der Waals surface area contributed by atoms with Gasteiger partial charge in [0.1, 0.15) is 0 Å². The summed E-state index contributed by atoms with van der Waals surface area (Å²) in [5.41, 5.74) is 6.09. The van der Waals surface area contributed by atoms with E-state index in [1.165, 1.54) is 16.7 Å². The van der Waals surface area contributed by atoms with Crippen molar-refractivity contribution in [1.29, 1.82) is 0 Å². The number of nitrogens with zero attached hydrogens (tertiary/aromatic N) is 1. The highest BCUT2D eigenvalue weighted by molar-refractivity contribution is 5.83. The maximum Gasteiger partial charge on any atom is 0.166 e. The minimum Gasteiger partial charge on any atom is -0.504 e. The lowest BCUT2D eigenvalue weighted by Gasteiger charge is -2.41. The van der Waals surface area contributed by atoms with Crippen LogP contribution < -0.4 is 4.74 Å². The number of aromatic hydroxyl groups is 1. The Balaban J connectivity index is 2.04. The highest BCUT2D eigenvalue weighted by atomic mass is 16.5. The molecule has 2 aliphatic rings. The van der Waals surface area contributed by atoms with Crippen LogP contribution in [0.3, 0.4) is 0 Å². The molecule has 0 saturated carbocycles. The van der Waals surface area contributed by atoms with E-state index in [-0.39, 0.29) is 5.75 Å². The first-order chi connectivity index (χ1) is 10.7.